The predicted octanol–water partition coefficient (Wildman–Crippen LogP) is 4.90. The molecule has 0 bridgehead atoms. The topological polar surface area (TPSA) is 66.5 Å². The van der Waals surface area contributed by atoms with E-state index >= 15 is 0 Å². The van der Waals surface area contributed by atoms with Gasteiger partial charge in [0.15, 0.2) is 0 Å². The Morgan fingerprint density at radius 1 is 1.22 bits per heavy atom. The quantitative estimate of drug-likeness (QED) is 0.614. The van der Waals surface area contributed by atoms with Crippen LogP contribution in [-0.2, 0) is 14.8 Å². The van der Waals surface area contributed by atoms with E-state index in [9.17, 15) is 13.2 Å². The number of rotatable bonds is 7. The number of carbonyl (C=O) groups is 1. The number of hydrogen-bond acceptors (Lipinski definition) is 4. The normalized spacial score (nSPS) is 12.5. The van der Waals surface area contributed by atoms with Crippen molar-refractivity contribution in [3.05, 3.63) is 52.5 Å². The van der Waals surface area contributed by atoms with Crippen molar-refractivity contribution < 1.29 is 13.2 Å². The number of hydrogen-bond donors (Lipinski definition) is 1. The van der Waals surface area contributed by atoms with Crippen molar-refractivity contribution in [1.82, 2.24) is 0 Å². The number of nitrogens with zero attached hydrogens (tertiary/aromatic N) is 1. The zero-order valence-electron chi connectivity index (χ0n) is 15.1. The molecule has 9 heteroatoms. The van der Waals surface area contributed by atoms with Crippen LogP contribution in [0.2, 0.25) is 10.0 Å². The van der Waals surface area contributed by atoms with E-state index < -0.39 is 22.0 Å². The van der Waals surface area contributed by atoms with Crippen molar-refractivity contribution in [2.45, 2.75) is 24.3 Å². The first-order valence-corrected chi connectivity index (χ1v) is 11.9. The molecule has 0 aliphatic heterocycles. The van der Waals surface area contributed by atoms with Gasteiger partial charge in [-0.25, -0.2) is 8.42 Å². The smallest absolute Gasteiger partial charge is 0.248 e. The molecule has 1 unspecified atom stereocenters. The third-order valence-corrected chi connectivity index (χ3v) is 6.36. The summed E-state index contributed by atoms with van der Waals surface area (Å²) >= 11 is 13.7. The lowest BCUT2D eigenvalue weighted by Gasteiger charge is -2.31. The van der Waals surface area contributed by atoms with Crippen molar-refractivity contribution in [3.63, 3.8) is 0 Å². The molecule has 0 spiro atoms. The summed E-state index contributed by atoms with van der Waals surface area (Å²) in [6.45, 7) is 1.74. The van der Waals surface area contributed by atoms with Crippen molar-refractivity contribution in [2.75, 3.05) is 22.1 Å². The van der Waals surface area contributed by atoms with Crippen LogP contribution in [0.5, 0.6) is 0 Å². The highest BCUT2D eigenvalue weighted by Crippen LogP contribution is 2.33. The second-order valence-corrected chi connectivity index (χ2v) is 9.32. The van der Waals surface area contributed by atoms with Crippen LogP contribution >= 0.6 is 35.0 Å². The van der Waals surface area contributed by atoms with E-state index in [1.807, 2.05) is 18.4 Å². The molecule has 146 valence electrons. The minimum atomic E-state index is -3.80. The third kappa shape index (κ3) is 5.31. The van der Waals surface area contributed by atoms with Crippen molar-refractivity contribution in [3.8, 4) is 0 Å². The van der Waals surface area contributed by atoms with Crippen LogP contribution in [0.25, 0.3) is 0 Å². The van der Waals surface area contributed by atoms with Gasteiger partial charge >= 0.3 is 0 Å². The van der Waals surface area contributed by atoms with Crippen LogP contribution in [0.15, 0.2) is 47.4 Å². The number of anilines is 2. The molecular formula is C18H20Cl2N2O3S2. The highest BCUT2D eigenvalue weighted by atomic mass is 35.5. The molecule has 0 saturated heterocycles. The Balaban J connectivity index is 2.46. The summed E-state index contributed by atoms with van der Waals surface area (Å²) < 4.78 is 26.1. The maximum atomic E-state index is 13.0. The second kappa shape index (κ2) is 9.19. The minimum Gasteiger partial charge on any atom is -0.323 e. The van der Waals surface area contributed by atoms with Gasteiger partial charge in [-0.05, 0) is 43.0 Å². The van der Waals surface area contributed by atoms with Crippen LogP contribution in [0, 0.1) is 0 Å². The summed E-state index contributed by atoms with van der Waals surface area (Å²) in [6, 6.07) is 10.8. The largest absolute Gasteiger partial charge is 0.323 e. The highest BCUT2D eigenvalue weighted by Gasteiger charge is 2.33. The number of sulfonamides is 1. The SMILES string of the molecule is CCC(C(=O)Nc1ccccc1SC)N(c1cc(Cl)ccc1Cl)S(C)(=O)=O. The van der Waals surface area contributed by atoms with E-state index in [0.29, 0.717) is 10.7 Å². The van der Waals surface area contributed by atoms with Gasteiger partial charge in [0.1, 0.15) is 6.04 Å². The van der Waals surface area contributed by atoms with Gasteiger partial charge in [-0.15, -0.1) is 11.8 Å². The maximum Gasteiger partial charge on any atom is 0.248 e. The fraction of sp³-hybridized carbons (Fsp3) is 0.278. The minimum absolute atomic E-state index is 0.173. The van der Waals surface area contributed by atoms with Crippen molar-refractivity contribution in [1.29, 1.82) is 0 Å². The summed E-state index contributed by atoms with van der Waals surface area (Å²) in [4.78, 5) is 13.8. The Bertz CT molecular complexity index is 936. The van der Waals surface area contributed by atoms with Gasteiger partial charge in [-0.2, -0.15) is 0 Å². The molecule has 0 saturated carbocycles. The van der Waals surface area contributed by atoms with Gasteiger partial charge in [-0.3, -0.25) is 9.10 Å². The van der Waals surface area contributed by atoms with Crippen LogP contribution in [0.3, 0.4) is 0 Å². The fourth-order valence-electron chi connectivity index (χ4n) is 2.65. The van der Waals surface area contributed by atoms with Crippen LogP contribution in [0.1, 0.15) is 13.3 Å². The van der Waals surface area contributed by atoms with Gasteiger partial charge in [-0.1, -0.05) is 42.3 Å². The molecule has 2 aromatic rings. The Hall–Kier alpha value is -1.41. The number of amides is 1. The molecule has 1 amide bonds. The first-order chi connectivity index (χ1) is 12.7. The summed E-state index contributed by atoms with van der Waals surface area (Å²) in [7, 11) is -3.80. The van der Waals surface area contributed by atoms with Gasteiger partial charge in [0.2, 0.25) is 15.9 Å². The average molecular weight is 447 g/mol. The molecule has 2 aromatic carbocycles. The van der Waals surface area contributed by atoms with E-state index in [0.717, 1.165) is 15.5 Å². The molecule has 1 atom stereocenters. The maximum absolute atomic E-state index is 13.0. The molecule has 0 aromatic heterocycles. The molecule has 0 aliphatic rings. The van der Waals surface area contributed by atoms with Crippen LogP contribution < -0.4 is 9.62 Å². The molecule has 2 rings (SSSR count). The number of carbonyl (C=O) groups excluding carboxylic acids is 1. The molecule has 1 N–H and O–H groups in total. The number of benzene rings is 2. The summed E-state index contributed by atoms with van der Waals surface area (Å²) in [6.07, 6.45) is 3.19. The van der Waals surface area contributed by atoms with Crippen LogP contribution in [0.4, 0.5) is 11.4 Å². The molecule has 0 radical (unpaired) electrons. The summed E-state index contributed by atoms with van der Waals surface area (Å²) in [5.41, 5.74) is 0.797. The Kier molecular flexibility index (Phi) is 7.45. The molecule has 27 heavy (non-hydrogen) atoms. The molecule has 0 heterocycles. The number of halogens is 2. The number of para-hydroxylation sites is 1. The second-order valence-electron chi connectivity index (χ2n) is 5.77. The lowest BCUT2D eigenvalue weighted by atomic mass is 10.1. The van der Waals surface area contributed by atoms with Crippen LogP contribution in [-0.4, -0.2) is 32.9 Å². The zero-order valence-corrected chi connectivity index (χ0v) is 18.2. The zero-order chi connectivity index (χ0) is 20.2. The highest BCUT2D eigenvalue weighted by molar-refractivity contribution is 7.98. The van der Waals surface area contributed by atoms with Gasteiger partial charge in [0, 0.05) is 9.92 Å². The lowest BCUT2D eigenvalue weighted by molar-refractivity contribution is -0.117. The summed E-state index contributed by atoms with van der Waals surface area (Å²) in [5.74, 6) is -0.444. The number of thioether (sulfide) groups is 1. The molecule has 5 nitrogen and oxygen atoms in total. The first-order valence-electron chi connectivity index (χ1n) is 8.07. The Morgan fingerprint density at radius 3 is 2.48 bits per heavy atom. The van der Waals surface area contributed by atoms with Gasteiger partial charge < -0.3 is 5.32 Å². The lowest BCUT2D eigenvalue weighted by Crippen LogP contribution is -2.47. The molecule has 0 fully saturated rings. The fourth-order valence-corrected chi connectivity index (χ4v) is 4.85. The Morgan fingerprint density at radius 2 is 1.89 bits per heavy atom. The van der Waals surface area contributed by atoms with E-state index in [1.165, 1.54) is 23.9 Å². The molecular weight excluding hydrogens is 427 g/mol. The van der Waals surface area contributed by atoms with E-state index in [2.05, 4.69) is 5.32 Å². The van der Waals surface area contributed by atoms with E-state index in [4.69, 9.17) is 23.2 Å². The van der Waals surface area contributed by atoms with Gasteiger partial charge in [0.05, 0.1) is 22.7 Å². The van der Waals surface area contributed by atoms with Gasteiger partial charge in [0.25, 0.3) is 0 Å². The standard InChI is InChI=1S/C18H20Cl2N2O3S2/c1-4-15(18(23)21-14-7-5-6-8-17(14)26-2)22(27(3,24)25)16-11-12(19)9-10-13(16)20/h5-11,15H,4H2,1-3H3,(H,21,23). The van der Waals surface area contributed by atoms with E-state index in [1.54, 1.807) is 25.1 Å². The van der Waals surface area contributed by atoms with E-state index in [-0.39, 0.29) is 17.1 Å². The average Bonchev–Trinajstić information content (AvgIpc) is 2.61. The summed E-state index contributed by atoms with van der Waals surface area (Å²) in [5, 5.41) is 3.35. The van der Waals surface area contributed by atoms with Crippen molar-refractivity contribution >= 4 is 62.3 Å². The molecule has 0 aliphatic carbocycles. The third-order valence-electron chi connectivity index (χ3n) is 3.84. The van der Waals surface area contributed by atoms with Crippen molar-refractivity contribution in [2.24, 2.45) is 0 Å². The first kappa shape index (κ1) is 21.9. The monoisotopic (exact) mass is 446 g/mol. The predicted molar refractivity (Wildman–Crippen MR) is 115 cm³/mol. The Labute approximate surface area is 174 Å². The number of nitrogens with one attached hydrogen (secondary N) is 1.